The molecule has 1 aliphatic rings. The van der Waals surface area contributed by atoms with Gasteiger partial charge in [0.1, 0.15) is 6.07 Å². The molecule has 1 heterocycles. The van der Waals surface area contributed by atoms with E-state index in [-0.39, 0.29) is 5.78 Å². The molecule has 1 aliphatic carbocycles. The van der Waals surface area contributed by atoms with Crippen LogP contribution < -0.4 is 0 Å². The summed E-state index contributed by atoms with van der Waals surface area (Å²) in [6.07, 6.45) is 2.39. The second-order valence-corrected chi connectivity index (χ2v) is 5.95. The van der Waals surface area contributed by atoms with Crippen molar-refractivity contribution in [2.75, 3.05) is 0 Å². The number of hydrogen-bond acceptors (Lipinski definition) is 2. The van der Waals surface area contributed by atoms with Crippen LogP contribution in [0.25, 0.3) is 5.69 Å². The Bertz CT molecular complexity index is 753. The van der Waals surface area contributed by atoms with E-state index in [1.165, 1.54) is 0 Å². The van der Waals surface area contributed by atoms with Crippen LogP contribution in [0.5, 0.6) is 0 Å². The van der Waals surface area contributed by atoms with Crippen LogP contribution in [0.15, 0.2) is 28.7 Å². The van der Waals surface area contributed by atoms with Gasteiger partial charge in [0.2, 0.25) is 0 Å². The number of carbonyl (C=O) groups is 1. The van der Waals surface area contributed by atoms with E-state index in [0.717, 1.165) is 40.0 Å². The highest BCUT2D eigenvalue weighted by atomic mass is 79.9. The van der Waals surface area contributed by atoms with Crippen molar-refractivity contribution in [1.82, 2.24) is 4.57 Å². The molecule has 0 unspecified atom stereocenters. The monoisotopic (exact) mass is 328 g/mol. The predicted octanol–water partition coefficient (Wildman–Crippen LogP) is 3.94. The topological polar surface area (TPSA) is 45.8 Å². The van der Waals surface area contributed by atoms with E-state index in [4.69, 9.17) is 0 Å². The Labute approximate surface area is 126 Å². The van der Waals surface area contributed by atoms with E-state index in [1.807, 2.05) is 31.2 Å². The minimum absolute atomic E-state index is 0.212. The first kappa shape index (κ1) is 13.1. The first-order valence-electron chi connectivity index (χ1n) is 6.56. The molecule has 0 atom stereocenters. The summed E-state index contributed by atoms with van der Waals surface area (Å²) < 4.78 is 2.93. The Morgan fingerprint density at radius 2 is 2.10 bits per heavy atom. The van der Waals surface area contributed by atoms with Crippen LogP contribution in [0.4, 0.5) is 0 Å². The van der Waals surface area contributed by atoms with Gasteiger partial charge < -0.3 is 4.57 Å². The number of ketones is 1. The lowest BCUT2D eigenvalue weighted by Gasteiger charge is -2.17. The van der Waals surface area contributed by atoms with Gasteiger partial charge in [-0.05, 0) is 44.0 Å². The Hall–Kier alpha value is -1.86. The zero-order chi connectivity index (χ0) is 14.3. The van der Waals surface area contributed by atoms with Gasteiger partial charge in [-0.3, -0.25) is 4.79 Å². The Kier molecular flexibility index (Phi) is 3.23. The SMILES string of the molecule is Cc1cc2c(n1-c1ccc(Br)cc1C#N)CCCC2=O. The molecule has 0 bridgehead atoms. The molecular weight excluding hydrogens is 316 g/mol. The van der Waals surface area contributed by atoms with Crippen LogP contribution in [-0.4, -0.2) is 10.4 Å². The zero-order valence-electron chi connectivity index (χ0n) is 11.1. The summed E-state index contributed by atoms with van der Waals surface area (Å²) in [5.41, 5.74) is 4.32. The van der Waals surface area contributed by atoms with Crippen molar-refractivity contribution in [1.29, 1.82) is 5.26 Å². The Balaban J connectivity index is 2.26. The molecule has 0 amide bonds. The Morgan fingerprint density at radius 3 is 2.85 bits per heavy atom. The lowest BCUT2D eigenvalue weighted by molar-refractivity contribution is 0.0972. The molecule has 0 saturated heterocycles. The molecule has 4 heteroatoms. The number of nitrogens with zero attached hydrogens (tertiary/aromatic N) is 2. The number of aromatic nitrogens is 1. The van der Waals surface area contributed by atoms with Crippen LogP contribution in [-0.2, 0) is 6.42 Å². The highest BCUT2D eigenvalue weighted by Gasteiger charge is 2.24. The number of nitriles is 1. The number of rotatable bonds is 1. The third-order valence-corrected chi connectivity index (χ3v) is 4.22. The number of hydrogen-bond donors (Lipinski definition) is 0. The minimum atomic E-state index is 0.212. The maximum absolute atomic E-state index is 12.0. The van der Waals surface area contributed by atoms with Crippen LogP contribution in [0.2, 0.25) is 0 Å². The predicted molar refractivity (Wildman–Crippen MR) is 80.2 cm³/mol. The van der Waals surface area contributed by atoms with Crippen molar-refractivity contribution in [3.05, 3.63) is 51.3 Å². The van der Waals surface area contributed by atoms with Crippen molar-refractivity contribution in [3.63, 3.8) is 0 Å². The van der Waals surface area contributed by atoms with Gasteiger partial charge in [-0.15, -0.1) is 0 Å². The molecule has 1 aromatic carbocycles. The maximum atomic E-state index is 12.0. The van der Waals surface area contributed by atoms with Gasteiger partial charge >= 0.3 is 0 Å². The second-order valence-electron chi connectivity index (χ2n) is 5.03. The maximum Gasteiger partial charge on any atom is 0.164 e. The summed E-state index contributed by atoms with van der Waals surface area (Å²) in [5, 5.41) is 9.34. The second kappa shape index (κ2) is 4.92. The molecular formula is C16H13BrN2O. The first-order valence-corrected chi connectivity index (χ1v) is 7.35. The molecule has 3 rings (SSSR count). The molecule has 0 fully saturated rings. The van der Waals surface area contributed by atoms with E-state index in [1.54, 1.807) is 0 Å². The van der Waals surface area contributed by atoms with Crippen molar-refractivity contribution in [2.24, 2.45) is 0 Å². The van der Waals surface area contributed by atoms with Gasteiger partial charge in [0, 0.05) is 27.8 Å². The van der Waals surface area contributed by atoms with Crippen LogP contribution in [0.1, 0.15) is 40.2 Å². The molecule has 20 heavy (non-hydrogen) atoms. The van der Waals surface area contributed by atoms with Crippen molar-refractivity contribution in [3.8, 4) is 11.8 Å². The number of benzene rings is 1. The molecule has 100 valence electrons. The van der Waals surface area contributed by atoms with Crippen LogP contribution in [0, 0.1) is 18.3 Å². The standard InChI is InChI=1S/C16H13BrN2O/c1-10-7-13-15(3-2-4-16(13)20)19(10)14-6-5-12(17)8-11(14)9-18/h5-8H,2-4H2,1H3. The summed E-state index contributed by atoms with van der Waals surface area (Å²) in [7, 11) is 0. The van der Waals surface area contributed by atoms with E-state index < -0.39 is 0 Å². The third-order valence-electron chi connectivity index (χ3n) is 3.72. The summed E-state index contributed by atoms with van der Waals surface area (Å²) in [6, 6.07) is 9.84. The smallest absolute Gasteiger partial charge is 0.164 e. The van der Waals surface area contributed by atoms with Gasteiger partial charge in [-0.1, -0.05) is 15.9 Å². The van der Waals surface area contributed by atoms with Gasteiger partial charge in [-0.2, -0.15) is 5.26 Å². The van der Waals surface area contributed by atoms with E-state index in [0.29, 0.717) is 12.0 Å². The summed E-state index contributed by atoms with van der Waals surface area (Å²) in [5.74, 6) is 0.212. The average molecular weight is 329 g/mol. The summed E-state index contributed by atoms with van der Waals surface area (Å²) in [6.45, 7) is 1.98. The van der Waals surface area contributed by atoms with E-state index in [2.05, 4.69) is 26.6 Å². The summed E-state index contributed by atoms with van der Waals surface area (Å²) in [4.78, 5) is 12.0. The highest BCUT2D eigenvalue weighted by molar-refractivity contribution is 9.10. The quantitative estimate of drug-likeness (QED) is 0.795. The molecule has 0 spiro atoms. The third kappa shape index (κ3) is 1.99. The van der Waals surface area contributed by atoms with Crippen molar-refractivity contribution >= 4 is 21.7 Å². The number of fused-ring (bicyclic) bond motifs is 1. The van der Waals surface area contributed by atoms with Crippen LogP contribution >= 0.6 is 15.9 Å². The highest BCUT2D eigenvalue weighted by Crippen LogP contribution is 2.30. The molecule has 0 saturated carbocycles. The first-order chi connectivity index (χ1) is 9.61. The number of aryl methyl sites for hydroxylation is 1. The molecule has 2 aromatic rings. The largest absolute Gasteiger partial charge is 0.316 e. The number of Topliss-reactive ketones (excluding diaryl/α,β-unsaturated/α-hetero) is 1. The summed E-state index contributed by atoms with van der Waals surface area (Å²) >= 11 is 3.39. The number of halogens is 1. The molecule has 0 aliphatic heterocycles. The lowest BCUT2D eigenvalue weighted by Crippen LogP contribution is -2.13. The van der Waals surface area contributed by atoms with Crippen LogP contribution in [0.3, 0.4) is 0 Å². The normalized spacial score (nSPS) is 13.9. The van der Waals surface area contributed by atoms with E-state index >= 15 is 0 Å². The fraction of sp³-hybridized carbons (Fsp3) is 0.250. The molecule has 0 radical (unpaired) electrons. The van der Waals surface area contributed by atoms with Gasteiger partial charge in [0.15, 0.2) is 5.78 Å². The molecule has 3 nitrogen and oxygen atoms in total. The van der Waals surface area contributed by atoms with Gasteiger partial charge in [-0.25, -0.2) is 0 Å². The fourth-order valence-corrected chi connectivity index (χ4v) is 3.22. The molecule has 1 aromatic heterocycles. The lowest BCUT2D eigenvalue weighted by atomic mass is 9.96. The Morgan fingerprint density at radius 1 is 1.30 bits per heavy atom. The minimum Gasteiger partial charge on any atom is -0.316 e. The fourth-order valence-electron chi connectivity index (χ4n) is 2.86. The van der Waals surface area contributed by atoms with Gasteiger partial charge in [0.05, 0.1) is 11.3 Å². The average Bonchev–Trinajstić information content (AvgIpc) is 2.77. The zero-order valence-corrected chi connectivity index (χ0v) is 12.7. The number of carbonyl (C=O) groups excluding carboxylic acids is 1. The van der Waals surface area contributed by atoms with E-state index in [9.17, 15) is 10.1 Å². The van der Waals surface area contributed by atoms with Crippen molar-refractivity contribution < 1.29 is 4.79 Å². The van der Waals surface area contributed by atoms with Gasteiger partial charge in [0.25, 0.3) is 0 Å². The molecule has 0 N–H and O–H groups in total. The van der Waals surface area contributed by atoms with Crippen molar-refractivity contribution in [2.45, 2.75) is 26.2 Å².